The van der Waals surface area contributed by atoms with Gasteiger partial charge in [-0.3, -0.25) is 19.7 Å². The number of nitro benzene ring substituents is 1. The molecule has 2 rings (SSSR count). The van der Waals surface area contributed by atoms with Crippen molar-refractivity contribution in [1.29, 1.82) is 0 Å². The molecule has 2 aromatic rings. The molecule has 0 bridgehead atoms. The fourth-order valence-electron chi connectivity index (χ4n) is 2.75. The predicted molar refractivity (Wildman–Crippen MR) is 100 cm³/mol. The minimum Gasteiger partial charge on any atom is -0.481 e. The first-order chi connectivity index (χ1) is 13.0. The van der Waals surface area contributed by atoms with Crippen molar-refractivity contribution in [2.75, 3.05) is 6.54 Å². The fraction of sp³-hybridized carbons (Fsp3) is 0.300. The summed E-state index contributed by atoms with van der Waals surface area (Å²) in [6, 6.07) is 15.7. The summed E-state index contributed by atoms with van der Waals surface area (Å²) in [5.74, 6) is -0.991. The van der Waals surface area contributed by atoms with Crippen LogP contribution in [0.1, 0.15) is 30.4 Å². The summed E-state index contributed by atoms with van der Waals surface area (Å²) in [6.07, 6.45) is 0.986. The number of aliphatic carboxylic acids is 1. The van der Waals surface area contributed by atoms with E-state index in [4.69, 9.17) is 5.11 Å². The van der Waals surface area contributed by atoms with Crippen LogP contribution in [-0.4, -0.2) is 33.4 Å². The van der Waals surface area contributed by atoms with Gasteiger partial charge in [-0.15, -0.1) is 0 Å². The summed E-state index contributed by atoms with van der Waals surface area (Å²) in [7, 11) is 0. The number of rotatable bonds is 10. The van der Waals surface area contributed by atoms with E-state index in [1.54, 1.807) is 17.0 Å². The van der Waals surface area contributed by atoms with Gasteiger partial charge < -0.3 is 10.0 Å². The topological polar surface area (TPSA) is 101 Å². The molecule has 0 fully saturated rings. The molecule has 1 amide bonds. The Morgan fingerprint density at radius 2 is 1.70 bits per heavy atom. The number of hydrogen-bond donors (Lipinski definition) is 1. The molecule has 1 N–H and O–H groups in total. The smallest absolute Gasteiger partial charge is 0.303 e. The molecule has 7 nitrogen and oxygen atoms in total. The van der Waals surface area contributed by atoms with Crippen LogP contribution in [-0.2, 0) is 22.6 Å². The van der Waals surface area contributed by atoms with Crippen molar-refractivity contribution in [2.45, 2.75) is 32.2 Å². The number of benzene rings is 2. The Hall–Kier alpha value is -3.22. The van der Waals surface area contributed by atoms with E-state index in [-0.39, 0.29) is 24.4 Å². The molecular weight excluding hydrogens is 348 g/mol. The number of carboxylic acid groups (broad SMARTS) is 1. The monoisotopic (exact) mass is 370 g/mol. The molecule has 0 aliphatic heterocycles. The Morgan fingerprint density at radius 3 is 2.37 bits per heavy atom. The molecule has 0 aromatic heterocycles. The molecule has 7 heteroatoms. The first-order valence-corrected chi connectivity index (χ1v) is 8.72. The van der Waals surface area contributed by atoms with Crippen LogP contribution in [0.25, 0.3) is 0 Å². The average molecular weight is 370 g/mol. The Labute approximate surface area is 157 Å². The number of carbonyl (C=O) groups excluding carboxylic acids is 1. The molecule has 0 saturated heterocycles. The summed E-state index contributed by atoms with van der Waals surface area (Å²) < 4.78 is 0. The van der Waals surface area contributed by atoms with Crippen molar-refractivity contribution in [3.63, 3.8) is 0 Å². The summed E-state index contributed by atoms with van der Waals surface area (Å²) >= 11 is 0. The third-order valence-electron chi connectivity index (χ3n) is 4.14. The largest absolute Gasteiger partial charge is 0.481 e. The van der Waals surface area contributed by atoms with Gasteiger partial charge in [-0.25, -0.2) is 0 Å². The molecule has 0 unspecified atom stereocenters. The van der Waals surface area contributed by atoms with Crippen molar-refractivity contribution in [2.24, 2.45) is 0 Å². The van der Waals surface area contributed by atoms with E-state index in [1.807, 2.05) is 30.3 Å². The minimum absolute atomic E-state index is 0.00236. The second kappa shape index (κ2) is 10.1. The van der Waals surface area contributed by atoms with Crippen LogP contribution in [0, 0.1) is 10.1 Å². The molecule has 2 aromatic carbocycles. The first kappa shape index (κ1) is 20.1. The molecule has 0 heterocycles. The third kappa shape index (κ3) is 6.89. The van der Waals surface area contributed by atoms with Crippen LogP contribution in [0.5, 0.6) is 0 Å². The highest BCUT2D eigenvalue weighted by atomic mass is 16.6. The lowest BCUT2D eigenvalue weighted by Crippen LogP contribution is -2.32. The van der Waals surface area contributed by atoms with Gasteiger partial charge in [-0.05, 0) is 24.0 Å². The van der Waals surface area contributed by atoms with Gasteiger partial charge in [0.05, 0.1) is 4.92 Å². The van der Waals surface area contributed by atoms with Gasteiger partial charge in [0.15, 0.2) is 0 Å². The highest BCUT2D eigenvalue weighted by Crippen LogP contribution is 2.15. The van der Waals surface area contributed by atoms with Gasteiger partial charge in [0.1, 0.15) is 0 Å². The zero-order valence-corrected chi connectivity index (χ0v) is 14.9. The average Bonchev–Trinajstić information content (AvgIpc) is 2.66. The van der Waals surface area contributed by atoms with Crippen LogP contribution in [0.2, 0.25) is 0 Å². The number of carboxylic acids is 1. The maximum Gasteiger partial charge on any atom is 0.303 e. The standard InChI is InChI=1S/C20H22N2O5/c23-19(12-11-16-8-4-9-18(14-16)22(26)27)21(13-5-10-20(24)25)15-17-6-2-1-3-7-17/h1-4,6-9,14H,5,10-13,15H2,(H,24,25). The normalized spacial score (nSPS) is 10.4. The van der Waals surface area contributed by atoms with E-state index >= 15 is 0 Å². The maximum atomic E-state index is 12.7. The van der Waals surface area contributed by atoms with E-state index in [0.29, 0.717) is 25.9 Å². The van der Waals surface area contributed by atoms with Gasteiger partial charge in [-0.1, -0.05) is 42.5 Å². The predicted octanol–water partition coefficient (Wildman–Crippen LogP) is 3.42. The maximum absolute atomic E-state index is 12.7. The zero-order chi connectivity index (χ0) is 19.6. The second-order valence-corrected chi connectivity index (χ2v) is 6.23. The number of non-ortho nitro benzene ring substituents is 1. The Morgan fingerprint density at radius 1 is 1.00 bits per heavy atom. The second-order valence-electron chi connectivity index (χ2n) is 6.23. The number of nitrogens with zero attached hydrogens (tertiary/aromatic N) is 2. The molecule has 27 heavy (non-hydrogen) atoms. The SMILES string of the molecule is O=C(O)CCCN(Cc1ccccc1)C(=O)CCc1cccc([N+](=O)[O-])c1. The highest BCUT2D eigenvalue weighted by Gasteiger charge is 2.15. The van der Waals surface area contributed by atoms with Crippen LogP contribution in [0.3, 0.4) is 0 Å². The highest BCUT2D eigenvalue weighted by molar-refractivity contribution is 5.76. The number of aryl methyl sites for hydroxylation is 1. The Balaban J connectivity index is 2.00. The molecule has 0 aliphatic rings. The number of hydrogen-bond acceptors (Lipinski definition) is 4. The van der Waals surface area contributed by atoms with Crippen LogP contribution in [0.15, 0.2) is 54.6 Å². The van der Waals surface area contributed by atoms with Crippen molar-refractivity contribution >= 4 is 17.6 Å². The van der Waals surface area contributed by atoms with E-state index in [0.717, 1.165) is 11.1 Å². The van der Waals surface area contributed by atoms with Crippen molar-refractivity contribution < 1.29 is 19.6 Å². The van der Waals surface area contributed by atoms with Crippen LogP contribution >= 0.6 is 0 Å². The summed E-state index contributed by atoms with van der Waals surface area (Å²) in [6.45, 7) is 0.767. The Bertz CT molecular complexity index is 792. The van der Waals surface area contributed by atoms with E-state index in [9.17, 15) is 19.7 Å². The summed E-state index contributed by atoms with van der Waals surface area (Å²) in [5.41, 5.74) is 1.70. The van der Waals surface area contributed by atoms with Gasteiger partial charge in [0, 0.05) is 38.1 Å². The van der Waals surface area contributed by atoms with E-state index < -0.39 is 10.9 Å². The van der Waals surface area contributed by atoms with Crippen molar-refractivity contribution in [3.05, 3.63) is 75.8 Å². The van der Waals surface area contributed by atoms with Gasteiger partial charge in [0.25, 0.3) is 5.69 Å². The summed E-state index contributed by atoms with van der Waals surface area (Å²) in [5, 5.41) is 19.7. The first-order valence-electron chi connectivity index (χ1n) is 8.72. The fourth-order valence-corrected chi connectivity index (χ4v) is 2.75. The van der Waals surface area contributed by atoms with Gasteiger partial charge >= 0.3 is 5.97 Å². The molecule has 0 spiro atoms. The van der Waals surface area contributed by atoms with Gasteiger partial charge in [0.2, 0.25) is 5.91 Å². The van der Waals surface area contributed by atoms with Crippen molar-refractivity contribution in [3.8, 4) is 0 Å². The lowest BCUT2D eigenvalue weighted by molar-refractivity contribution is -0.384. The molecule has 0 atom stereocenters. The van der Waals surface area contributed by atoms with Crippen LogP contribution in [0.4, 0.5) is 5.69 Å². The van der Waals surface area contributed by atoms with Crippen molar-refractivity contribution in [1.82, 2.24) is 4.90 Å². The van der Waals surface area contributed by atoms with Crippen LogP contribution < -0.4 is 0 Å². The number of amides is 1. The molecular formula is C20H22N2O5. The number of nitro groups is 1. The van der Waals surface area contributed by atoms with Gasteiger partial charge in [-0.2, -0.15) is 0 Å². The molecule has 142 valence electrons. The third-order valence-corrected chi connectivity index (χ3v) is 4.14. The minimum atomic E-state index is -0.890. The number of carbonyl (C=O) groups is 2. The lowest BCUT2D eigenvalue weighted by atomic mass is 10.1. The molecule has 0 aliphatic carbocycles. The zero-order valence-electron chi connectivity index (χ0n) is 14.9. The van der Waals surface area contributed by atoms with E-state index in [1.165, 1.54) is 12.1 Å². The molecule has 0 radical (unpaired) electrons. The summed E-state index contributed by atoms with van der Waals surface area (Å²) in [4.78, 5) is 35.5. The lowest BCUT2D eigenvalue weighted by Gasteiger charge is -2.23. The Kier molecular flexibility index (Phi) is 7.49. The molecule has 0 saturated carbocycles. The van der Waals surface area contributed by atoms with E-state index in [2.05, 4.69) is 0 Å². The quantitative estimate of drug-likeness (QED) is 0.510.